The summed E-state index contributed by atoms with van der Waals surface area (Å²) >= 11 is 3.48. The molecule has 0 aliphatic rings. The summed E-state index contributed by atoms with van der Waals surface area (Å²) in [5, 5.41) is 13.8. The van der Waals surface area contributed by atoms with Crippen LogP contribution in [-0.2, 0) is 0 Å². The number of nitrogens with zero attached hydrogens (tertiary/aromatic N) is 2. The zero-order valence-corrected chi connectivity index (χ0v) is 13.8. The average molecular weight is 373 g/mol. The number of aromatic nitrogens is 2. The Morgan fingerprint density at radius 1 is 1.13 bits per heavy atom. The molecule has 2 N–H and O–H groups in total. The van der Waals surface area contributed by atoms with Gasteiger partial charge in [-0.2, -0.15) is 0 Å². The highest BCUT2D eigenvalue weighted by Crippen LogP contribution is 2.22. The van der Waals surface area contributed by atoms with Crippen LogP contribution in [-0.4, -0.2) is 16.1 Å². The number of amides is 1. The van der Waals surface area contributed by atoms with E-state index in [0.717, 1.165) is 15.7 Å². The number of hydrogen-bond acceptors (Lipinski definition) is 5. The molecular weight excluding hydrogens is 360 g/mol. The third-order valence-electron chi connectivity index (χ3n) is 3.10. The van der Waals surface area contributed by atoms with E-state index in [0.29, 0.717) is 11.6 Å². The Balaban J connectivity index is 1.67. The van der Waals surface area contributed by atoms with Gasteiger partial charge in [0, 0.05) is 10.2 Å². The Labute approximate surface area is 141 Å². The molecule has 0 saturated carbocycles. The highest BCUT2D eigenvalue weighted by molar-refractivity contribution is 9.10. The largest absolute Gasteiger partial charge is 0.459 e. The van der Waals surface area contributed by atoms with E-state index in [9.17, 15) is 4.79 Å². The number of hydrogen-bond donors (Lipinski definition) is 2. The fourth-order valence-corrected chi connectivity index (χ4v) is 2.25. The van der Waals surface area contributed by atoms with Gasteiger partial charge in [0.05, 0.1) is 6.26 Å². The number of carbonyl (C=O) groups excluding carboxylic acids is 1. The lowest BCUT2D eigenvalue weighted by atomic mass is 10.2. The van der Waals surface area contributed by atoms with Crippen LogP contribution in [0.25, 0.3) is 0 Å². The van der Waals surface area contributed by atoms with Gasteiger partial charge in [0.25, 0.3) is 5.91 Å². The highest BCUT2D eigenvalue weighted by Gasteiger charge is 2.09. The maximum Gasteiger partial charge on any atom is 0.292 e. The van der Waals surface area contributed by atoms with E-state index in [1.165, 1.54) is 6.26 Å². The fraction of sp³-hybridized carbons (Fsp3) is 0.0625. The number of halogens is 1. The molecule has 0 atom stereocenters. The normalized spacial score (nSPS) is 10.3. The lowest BCUT2D eigenvalue weighted by Crippen LogP contribution is -2.12. The van der Waals surface area contributed by atoms with Gasteiger partial charge in [-0.15, -0.1) is 10.2 Å². The summed E-state index contributed by atoms with van der Waals surface area (Å²) in [4.78, 5) is 11.8. The quantitative estimate of drug-likeness (QED) is 0.719. The first-order valence-electron chi connectivity index (χ1n) is 6.83. The van der Waals surface area contributed by atoms with E-state index in [4.69, 9.17) is 4.42 Å². The molecule has 6 nitrogen and oxygen atoms in total. The van der Waals surface area contributed by atoms with Crippen molar-refractivity contribution in [3.8, 4) is 0 Å². The first kappa shape index (κ1) is 15.2. The summed E-state index contributed by atoms with van der Waals surface area (Å²) in [6.45, 7) is 2.02. The van der Waals surface area contributed by atoms with Crippen molar-refractivity contribution in [3.05, 3.63) is 64.5 Å². The molecule has 1 amide bonds. The van der Waals surface area contributed by atoms with Crippen molar-refractivity contribution in [1.82, 2.24) is 10.2 Å². The SMILES string of the molecule is Cc1ccc(Nc2ccc(NC(=O)c3ccco3)nn2)cc1Br. The molecule has 2 heterocycles. The van der Waals surface area contributed by atoms with Crippen molar-refractivity contribution in [1.29, 1.82) is 0 Å². The minimum Gasteiger partial charge on any atom is -0.459 e. The second kappa shape index (κ2) is 6.62. The van der Waals surface area contributed by atoms with Gasteiger partial charge in [0.15, 0.2) is 17.4 Å². The number of carbonyl (C=O) groups is 1. The number of furan rings is 1. The van der Waals surface area contributed by atoms with Gasteiger partial charge >= 0.3 is 0 Å². The summed E-state index contributed by atoms with van der Waals surface area (Å²) in [5.74, 6) is 0.782. The topological polar surface area (TPSA) is 80.0 Å². The Morgan fingerprint density at radius 2 is 1.91 bits per heavy atom. The summed E-state index contributed by atoms with van der Waals surface area (Å²) < 4.78 is 6.03. The molecule has 116 valence electrons. The second-order valence-electron chi connectivity index (χ2n) is 4.82. The van der Waals surface area contributed by atoms with E-state index in [1.54, 1.807) is 24.3 Å². The van der Waals surface area contributed by atoms with Crippen LogP contribution in [0.1, 0.15) is 16.1 Å². The van der Waals surface area contributed by atoms with Crippen molar-refractivity contribution in [2.24, 2.45) is 0 Å². The first-order valence-corrected chi connectivity index (χ1v) is 7.63. The Morgan fingerprint density at radius 3 is 2.57 bits per heavy atom. The molecule has 0 bridgehead atoms. The van der Waals surface area contributed by atoms with Gasteiger partial charge in [0.2, 0.25) is 0 Å². The maximum atomic E-state index is 11.8. The van der Waals surface area contributed by atoms with Gasteiger partial charge in [-0.1, -0.05) is 22.0 Å². The molecule has 0 saturated heterocycles. The number of anilines is 3. The number of rotatable bonds is 4. The first-order chi connectivity index (χ1) is 11.1. The zero-order chi connectivity index (χ0) is 16.2. The van der Waals surface area contributed by atoms with Crippen LogP contribution in [0.5, 0.6) is 0 Å². The molecule has 0 fully saturated rings. The van der Waals surface area contributed by atoms with Gasteiger partial charge in [-0.05, 0) is 48.9 Å². The minimum atomic E-state index is -0.368. The van der Waals surface area contributed by atoms with E-state index in [-0.39, 0.29) is 11.7 Å². The third-order valence-corrected chi connectivity index (χ3v) is 3.95. The molecular formula is C16H13BrN4O2. The number of aryl methyl sites for hydroxylation is 1. The van der Waals surface area contributed by atoms with E-state index in [1.807, 2.05) is 25.1 Å². The Hall–Kier alpha value is -2.67. The van der Waals surface area contributed by atoms with Crippen molar-refractivity contribution >= 4 is 39.2 Å². The zero-order valence-electron chi connectivity index (χ0n) is 12.2. The monoisotopic (exact) mass is 372 g/mol. The molecule has 0 unspecified atom stereocenters. The minimum absolute atomic E-state index is 0.221. The predicted molar refractivity (Wildman–Crippen MR) is 90.9 cm³/mol. The van der Waals surface area contributed by atoms with Crippen molar-refractivity contribution in [2.75, 3.05) is 10.6 Å². The van der Waals surface area contributed by atoms with Crippen LogP contribution in [0.2, 0.25) is 0 Å². The summed E-state index contributed by atoms with van der Waals surface area (Å²) in [5.41, 5.74) is 2.04. The van der Waals surface area contributed by atoms with Crippen molar-refractivity contribution in [3.63, 3.8) is 0 Å². The van der Waals surface area contributed by atoms with Gasteiger partial charge < -0.3 is 15.1 Å². The summed E-state index contributed by atoms with van der Waals surface area (Å²) in [6, 6.07) is 12.5. The van der Waals surface area contributed by atoms with E-state index < -0.39 is 0 Å². The van der Waals surface area contributed by atoms with Gasteiger partial charge in [0.1, 0.15) is 0 Å². The standard InChI is InChI=1S/C16H13BrN4O2/c1-10-4-5-11(9-12(10)17)18-14-6-7-15(21-20-14)19-16(22)13-3-2-8-23-13/h2-9H,1H3,(H,18,20)(H,19,21,22). The van der Waals surface area contributed by atoms with Crippen LogP contribution in [0.3, 0.4) is 0 Å². The molecule has 23 heavy (non-hydrogen) atoms. The van der Waals surface area contributed by atoms with E-state index in [2.05, 4.69) is 36.8 Å². The Kier molecular flexibility index (Phi) is 4.38. The fourth-order valence-electron chi connectivity index (χ4n) is 1.87. The molecule has 0 aliphatic carbocycles. The molecule has 2 aromatic heterocycles. The van der Waals surface area contributed by atoms with Crippen LogP contribution in [0.4, 0.5) is 17.3 Å². The molecule has 3 rings (SSSR count). The van der Waals surface area contributed by atoms with Crippen LogP contribution in [0, 0.1) is 6.92 Å². The number of benzene rings is 1. The van der Waals surface area contributed by atoms with E-state index >= 15 is 0 Å². The highest BCUT2D eigenvalue weighted by atomic mass is 79.9. The molecule has 0 spiro atoms. The molecule has 0 aliphatic heterocycles. The van der Waals surface area contributed by atoms with Crippen molar-refractivity contribution in [2.45, 2.75) is 6.92 Å². The van der Waals surface area contributed by atoms with Gasteiger partial charge in [-0.3, -0.25) is 4.79 Å². The molecule has 7 heteroatoms. The van der Waals surface area contributed by atoms with Gasteiger partial charge in [-0.25, -0.2) is 0 Å². The maximum absolute atomic E-state index is 11.8. The predicted octanol–water partition coefficient (Wildman–Crippen LogP) is 4.14. The molecule has 1 aromatic carbocycles. The van der Waals surface area contributed by atoms with Crippen LogP contribution in [0.15, 0.2) is 57.6 Å². The summed E-state index contributed by atoms with van der Waals surface area (Å²) in [6.07, 6.45) is 1.44. The molecule has 3 aromatic rings. The van der Waals surface area contributed by atoms with Crippen LogP contribution < -0.4 is 10.6 Å². The lowest BCUT2D eigenvalue weighted by Gasteiger charge is -2.07. The smallest absolute Gasteiger partial charge is 0.292 e. The average Bonchev–Trinajstić information content (AvgIpc) is 3.07. The van der Waals surface area contributed by atoms with Crippen molar-refractivity contribution < 1.29 is 9.21 Å². The summed E-state index contributed by atoms with van der Waals surface area (Å²) in [7, 11) is 0. The number of nitrogens with one attached hydrogen (secondary N) is 2. The lowest BCUT2D eigenvalue weighted by molar-refractivity contribution is 0.0996. The Bertz CT molecular complexity index is 817. The molecule has 0 radical (unpaired) electrons. The second-order valence-corrected chi connectivity index (χ2v) is 5.68. The van der Waals surface area contributed by atoms with Crippen LogP contribution >= 0.6 is 15.9 Å². The third kappa shape index (κ3) is 3.75.